The molecule has 1 aliphatic carbocycles. The zero-order valence-corrected chi connectivity index (χ0v) is 17.6. The molecule has 0 heterocycles. The van der Waals surface area contributed by atoms with Crippen LogP contribution in [-0.2, 0) is 14.8 Å². The van der Waals surface area contributed by atoms with Crippen LogP contribution in [0.1, 0.15) is 56.9 Å². The van der Waals surface area contributed by atoms with Crippen LogP contribution in [0.5, 0.6) is 0 Å². The van der Waals surface area contributed by atoms with Crippen LogP contribution in [0.4, 0.5) is 5.69 Å². The number of nitrogens with one attached hydrogen (secondary N) is 1. The second-order valence-electron chi connectivity index (χ2n) is 7.46. The van der Waals surface area contributed by atoms with Gasteiger partial charge in [0.05, 0.1) is 4.92 Å². The summed E-state index contributed by atoms with van der Waals surface area (Å²) in [6.45, 7) is 0. The summed E-state index contributed by atoms with van der Waals surface area (Å²) >= 11 is 0. The van der Waals surface area contributed by atoms with Crippen molar-refractivity contribution in [2.24, 2.45) is 5.92 Å². The highest BCUT2D eigenvalue weighted by Gasteiger charge is 2.27. The fourth-order valence-corrected chi connectivity index (χ4v) is 4.68. The largest absolute Gasteiger partial charge is 0.481 e. The fourth-order valence-electron chi connectivity index (χ4n) is 3.53. The quantitative estimate of drug-likeness (QED) is 0.231. The lowest BCUT2D eigenvalue weighted by Gasteiger charge is -2.31. The Bertz CT molecular complexity index is 877. The molecule has 0 aromatic heterocycles. The summed E-state index contributed by atoms with van der Waals surface area (Å²) in [5.41, 5.74) is 0.518. The van der Waals surface area contributed by atoms with Gasteiger partial charge in [-0.25, -0.2) is 13.1 Å². The van der Waals surface area contributed by atoms with Gasteiger partial charge in [-0.3, -0.25) is 14.9 Å². The lowest BCUT2D eigenvalue weighted by Crippen LogP contribution is -2.41. The topological polar surface area (TPSA) is 127 Å². The van der Waals surface area contributed by atoms with Gasteiger partial charge in [0.25, 0.3) is 5.69 Å². The molecule has 1 aromatic carbocycles. The van der Waals surface area contributed by atoms with Crippen molar-refractivity contribution < 1.29 is 23.2 Å². The molecule has 0 bridgehead atoms. The Morgan fingerprint density at radius 3 is 2.57 bits per heavy atom. The van der Waals surface area contributed by atoms with E-state index >= 15 is 0 Å². The summed E-state index contributed by atoms with van der Waals surface area (Å²) in [6, 6.07) is 5.53. The minimum atomic E-state index is -3.64. The maximum absolute atomic E-state index is 12.5. The van der Waals surface area contributed by atoms with Gasteiger partial charge in [0.15, 0.2) is 0 Å². The van der Waals surface area contributed by atoms with Crippen LogP contribution in [0.2, 0.25) is 0 Å². The second-order valence-corrected chi connectivity index (χ2v) is 9.06. The normalized spacial score (nSPS) is 20.0. The smallest absolute Gasteiger partial charge is 0.303 e. The first kappa shape index (κ1) is 23.8. The Morgan fingerprint density at radius 2 is 1.90 bits per heavy atom. The van der Waals surface area contributed by atoms with E-state index in [-0.39, 0.29) is 24.1 Å². The molecule has 0 saturated heterocycles. The molecule has 1 fully saturated rings. The number of aliphatic carboxylic acids is 1. The van der Waals surface area contributed by atoms with Gasteiger partial charge in [0.1, 0.15) is 0 Å². The van der Waals surface area contributed by atoms with Crippen LogP contribution >= 0.6 is 0 Å². The number of unbranched alkanes of at least 4 members (excludes halogenated alkanes) is 1. The SMILES string of the molecule is O=C(O)CCCC=CCC1CCCCC1NS(=O)(=O)C=Cc1ccc([N+](=O)[O-])cc1. The number of hydrogen-bond acceptors (Lipinski definition) is 5. The zero-order valence-electron chi connectivity index (χ0n) is 16.8. The summed E-state index contributed by atoms with van der Waals surface area (Å²) in [6.07, 6.45) is 11.4. The summed E-state index contributed by atoms with van der Waals surface area (Å²) in [5.74, 6) is -0.594. The predicted octanol–water partition coefficient (Wildman–Crippen LogP) is 4.24. The van der Waals surface area contributed by atoms with E-state index in [1.54, 1.807) is 0 Å². The standard InChI is InChI=1S/C21H28N2O6S/c24-21(25)10-4-2-1-3-7-18-8-5-6-9-20(18)22-30(28,29)16-15-17-11-13-19(14-12-17)23(26)27/h1,3,11-16,18,20,22H,2,4-10H2,(H,24,25). The minimum absolute atomic E-state index is 0.0470. The third-order valence-electron chi connectivity index (χ3n) is 5.14. The fraction of sp³-hybridized carbons (Fsp3) is 0.476. The second kappa shape index (κ2) is 11.6. The first-order valence-corrected chi connectivity index (χ1v) is 11.6. The lowest BCUT2D eigenvalue weighted by molar-refractivity contribution is -0.384. The van der Waals surface area contributed by atoms with Gasteiger partial charge in [-0.05, 0) is 61.8 Å². The lowest BCUT2D eigenvalue weighted by atomic mass is 9.83. The van der Waals surface area contributed by atoms with Crippen molar-refractivity contribution in [2.45, 2.75) is 57.4 Å². The van der Waals surface area contributed by atoms with Gasteiger partial charge >= 0.3 is 5.97 Å². The molecule has 8 nitrogen and oxygen atoms in total. The van der Waals surface area contributed by atoms with Crippen LogP contribution in [0.25, 0.3) is 6.08 Å². The number of carboxylic acid groups (broad SMARTS) is 1. The number of benzene rings is 1. The molecule has 1 aromatic rings. The molecule has 2 atom stereocenters. The van der Waals surface area contributed by atoms with Crippen molar-refractivity contribution in [2.75, 3.05) is 0 Å². The number of non-ortho nitro benzene ring substituents is 1. The van der Waals surface area contributed by atoms with E-state index in [0.717, 1.165) is 37.5 Å². The molecule has 0 radical (unpaired) electrons. The van der Waals surface area contributed by atoms with E-state index in [4.69, 9.17) is 5.11 Å². The number of nitro benzene ring substituents is 1. The van der Waals surface area contributed by atoms with Crippen LogP contribution in [0, 0.1) is 16.0 Å². The number of nitrogens with zero attached hydrogens (tertiary/aromatic N) is 1. The van der Waals surface area contributed by atoms with E-state index in [0.29, 0.717) is 18.4 Å². The Balaban J connectivity index is 1.91. The molecule has 2 N–H and O–H groups in total. The van der Waals surface area contributed by atoms with E-state index < -0.39 is 20.9 Å². The molecule has 30 heavy (non-hydrogen) atoms. The zero-order chi connectivity index (χ0) is 22.0. The van der Waals surface area contributed by atoms with E-state index in [2.05, 4.69) is 4.72 Å². The maximum Gasteiger partial charge on any atom is 0.303 e. The van der Waals surface area contributed by atoms with Crippen molar-refractivity contribution in [1.82, 2.24) is 4.72 Å². The Hall–Kier alpha value is -2.52. The summed E-state index contributed by atoms with van der Waals surface area (Å²) < 4.78 is 27.8. The predicted molar refractivity (Wildman–Crippen MR) is 115 cm³/mol. The number of rotatable bonds is 11. The van der Waals surface area contributed by atoms with E-state index in [1.807, 2.05) is 12.2 Å². The highest BCUT2D eigenvalue weighted by molar-refractivity contribution is 7.92. The Labute approximate surface area is 176 Å². The van der Waals surface area contributed by atoms with Gasteiger partial charge in [0.2, 0.25) is 10.0 Å². The molecule has 0 amide bonds. The first-order valence-electron chi connectivity index (χ1n) is 10.1. The number of allylic oxidation sites excluding steroid dienone is 2. The number of carboxylic acids is 1. The monoisotopic (exact) mass is 436 g/mol. The van der Waals surface area contributed by atoms with Gasteiger partial charge in [0, 0.05) is 30.0 Å². The van der Waals surface area contributed by atoms with Gasteiger partial charge in [-0.1, -0.05) is 25.0 Å². The molecular weight excluding hydrogens is 408 g/mol. The number of sulfonamides is 1. The highest BCUT2D eigenvalue weighted by atomic mass is 32.2. The minimum Gasteiger partial charge on any atom is -0.481 e. The molecule has 9 heteroatoms. The van der Waals surface area contributed by atoms with Crippen LogP contribution in [-0.4, -0.2) is 30.5 Å². The molecule has 0 aliphatic heterocycles. The van der Waals surface area contributed by atoms with Gasteiger partial charge in [-0.15, -0.1) is 0 Å². The van der Waals surface area contributed by atoms with Crippen molar-refractivity contribution in [3.8, 4) is 0 Å². The number of hydrogen-bond donors (Lipinski definition) is 2. The highest BCUT2D eigenvalue weighted by Crippen LogP contribution is 2.28. The molecular formula is C21H28N2O6S. The van der Waals surface area contributed by atoms with Crippen LogP contribution < -0.4 is 4.72 Å². The first-order chi connectivity index (χ1) is 14.3. The van der Waals surface area contributed by atoms with Crippen molar-refractivity contribution >= 4 is 27.8 Å². The number of carbonyl (C=O) groups is 1. The molecule has 0 spiro atoms. The molecule has 164 valence electrons. The van der Waals surface area contributed by atoms with Crippen LogP contribution in [0.15, 0.2) is 41.8 Å². The maximum atomic E-state index is 12.5. The average Bonchev–Trinajstić information content (AvgIpc) is 2.70. The third kappa shape index (κ3) is 8.46. The van der Waals surface area contributed by atoms with Gasteiger partial charge in [-0.2, -0.15) is 0 Å². The van der Waals surface area contributed by atoms with Crippen molar-refractivity contribution in [3.05, 3.63) is 57.5 Å². The Kier molecular flexibility index (Phi) is 9.19. The summed E-state index contributed by atoms with van der Waals surface area (Å²) in [7, 11) is -3.64. The summed E-state index contributed by atoms with van der Waals surface area (Å²) in [5, 5.41) is 20.4. The van der Waals surface area contributed by atoms with Crippen molar-refractivity contribution in [1.29, 1.82) is 0 Å². The van der Waals surface area contributed by atoms with Gasteiger partial charge < -0.3 is 5.11 Å². The number of nitro groups is 1. The Morgan fingerprint density at radius 1 is 1.20 bits per heavy atom. The summed E-state index contributed by atoms with van der Waals surface area (Å²) in [4.78, 5) is 20.7. The molecule has 1 aliphatic rings. The molecule has 2 rings (SSSR count). The third-order valence-corrected chi connectivity index (χ3v) is 6.26. The van der Waals surface area contributed by atoms with Crippen LogP contribution in [0.3, 0.4) is 0 Å². The van der Waals surface area contributed by atoms with E-state index in [9.17, 15) is 23.3 Å². The molecule has 2 unspecified atom stereocenters. The molecule has 1 saturated carbocycles. The average molecular weight is 437 g/mol. The van der Waals surface area contributed by atoms with E-state index in [1.165, 1.54) is 30.3 Å². The van der Waals surface area contributed by atoms with Crippen molar-refractivity contribution in [3.63, 3.8) is 0 Å².